The zero-order chi connectivity index (χ0) is 13.1. The Hall–Kier alpha value is -2.01. The molecule has 0 unspecified atom stereocenters. The van der Waals surface area contributed by atoms with Gasteiger partial charge in [-0.1, -0.05) is 12.1 Å². The fourth-order valence-electron chi connectivity index (χ4n) is 1.66. The van der Waals surface area contributed by atoms with Gasteiger partial charge in [0.2, 0.25) is 0 Å². The summed E-state index contributed by atoms with van der Waals surface area (Å²) in [6.07, 6.45) is 0. The third kappa shape index (κ3) is 2.31. The number of methoxy groups -OCH3 is 1. The quantitative estimate of drug-likeness (QED) is 0.836. The number of carbonyl (C=O) groups excluding carboxylic acids is 1. The minimum Gasteiger partial charge on any atom is -0.495 e. The Morgan fingerprint density at radius 2 is 2.17 bits per heavy atom. The Morgan fingerprint density at radius 3 is 2.83 bits per heavy atom. The van der Waals surface area contributed by atoms with Gasteiger partial charge in [0, 0.05) is 0 Å². The SMILES string of the molecule is COc1ccsc1C(=O)Nc1c(C)cccc1N. The molecule has 0 saturated carbocycles. The first kappa shape index (κ1) is 12.4. The predicted octanol–water partition coefficient (Wildman–Crippen LogP) is 2.90. The molecule has 94 valence electrons. The molecule has 4 nitrogen and oxygen atoms in total. The number of hydrogen-bond donors (Lipinski definition) is 2. The highest BCUT2D eigenvalue weighted by Crippen LogP contribution is 2.28. The number of hydrogen-bond acceptors (Lipinski definition) is 4. The molecule has 2 rings (SSSR count). The van der Waals surface area contributed by atoms with Crippen molar-refractivity contribution in [3.05, 3.63) is 40.1 Å². The first-order valence-electron chi connectivity index (χ1n) is 5.41. The molecule has 0 radical (unpaired) electrons. The van der Waals surface area contributed by atoms with E-state index in [0.29, 0.717) is 22.0 Å². The number of aryl methyl sites for hydroxylation is 1. The third-order valence-electron chi connectivity index (χ3n) is 2.60. The summed E-state index contributed by atoms with van der Waals surface area (Å²) in [5.41, 5.74) is 7.99. The number of benzene rings is 1. The summed E-state index contributed by atoms with van der Waals surface area (Å²) < 4.78 is 5.12. The molecule has 2 aromatic rings. The summed E-state index contributed by atoms with van der Waals surface area (Å²) in [4.78, 5) is 12.7. The van der Waals surface area contributed by atoms with E-state index in [-0.39, 0.29) is 5.91 Å². The first-order chi connectivity index (χ1) is 8.63. The number of nitrogens with two attached hydrogens (primary N) is 1. The Labute approximate surface area is 109 Å². The molecule has 1 aromatic heterocycles. The largest absolute Gasteiger partial charge is 0.495 e. The van der Waals surface area contributed by atoms with Gasteiger partial charge in [0.25, 0.3) is 5.91 Å². The van der Waals surface area contributed by atoms with Crippen molar-refractivity contribution in [1.29, 1.82) is 0 Å². The van der Waals surface area contributed by atoms with Gasteiger partial charge >= 0.3 is 0 Å². The van der Waals surface area contributed by atoms with Crippen LogP contribution < -0.4 is 15.8 Å². The molecule has 1 aromatic carbocycles. The Balaban J connectivity index is 2.27. The van der Waals surface area contributed by atoms with Gasteiger partial charge in [-0.05, 0) is 30.0 Å². The predicted molar refractivity (Wildman–Crippen MR) is 74.4 cm³/mol. The number of para-hydroxylation sites is 1. The summed E-state index contributed by atoms with van der Waals surface area (Å²) in [5.74, 6) is 0.368. The summed E-state index contributed by atoms with van der Waals surface area (Å²) in [6, 6.07) is 7.28. The van der Waals surface area contributed by atoms with Crippen LogP contribution in [0.25, 0.3) is 0 Å². The van der Waals surface area contributed by atoms with E-state index in [1.807, 2.05) is 24.4 Å². The van der Waals surface area contributed by atoms with Gasteiger partial charge in [-0.25, -0.2) is 0 Å². The van der Waals surface area contributed by atoms with E-state index in [9.17, 15) is 4.79 Å². The number of nitrogen functional groups attached to an aromatic ring is 1. The van der Waals surface area contributed by atoms with E-state index < -0.39 is 0 Å². The molecular formula is C13H14N2O2S. The summed E-state index contributed by atoms with van der Waals surface area (Å²) in [5, 5.41) is 4.64. The molecule has 0 spiro atoms. The lowest BCUT2D eigenvalue weighted by molar-refractivity contribution is 0.102. The zero-order valence-electron chi connectivity index (χ0n) is 10.2. The van der Waals surface area contributed by atoms with Crippen molar-refractivity contribution >= 4 is 28.6 Å². The third-order valence-corrected chi connectivity index (χ3v) is 3.49. The number of ether oxygens (including phenoxy) is 1. The minimum absolute atomic E-state index is 0.206. The number of amides is 1. The van der Waals surface area contributed by atoms with Gasteiger partial charge in [0.15, 0.2) is 0 Å². The second kappa shape index (κ2) is 5.10. The van der Waals surface area contributed by atoms with Crippen molar-refractivity contribution in [2.24, 2.45) is 0 Å². The van der Waals surface area contributed by atoms with Crippen LogP contribution in [-0.4, -0.2) is 13.0 Å². The smallest absolute Gasteiger partial charge is 0.269 e. The standard InChI is InChI=1S/C13H14N2O2S/c1-8-4-3-5-9(14)11(8)15-13(16)12-10(17-2)6-7-18-12/h3-7H,14H2,1-2H3,(H,15,16). The molecular weight excluding hydrogens is 248 g/mol. The molecule has 0 saturated heterocycles. The topological polar surface area (TPSA) is 64.3 Å². The molecule has 0 atom stereocenters. The maximum absolute atomic E-state index is 12.1. The van der Waals surface area contributed by atoms with Crippen LogP contribution in [0.4, 0.5) is 11.4 Å². The zero-order valence-corrected chi connectivity index (χ0v) is 11.0. The van der Waals surface area contributed by atoms with E-state index in [1.54, 1.807) is 19.2 Å². The normalized spacial score (nSPS) is 10.1. The Bertz CT molecular complexity index is 558. The highest BCUT2D eigenvalue weighted by molar-refractivity contribution is 7.12. The molecule has 1 amide bonds. The average molecular weight is 262 g/mol. The molecule has 5 heteroatoms. The van der Waals surface area contributed by atoms with Gasteiger partial charge < -0.3 is 15.8 Å². The van der Waals surface area contributed by atoms with E-state index in [1.165, 1.54) is 11.3 Å². The maximum atomic E-state index is 12.1. The van der Waals surface area contributed by atoms with Crippen LogP contribution in [0.5, 0.6) is 5.75 Å². The Kier molecular flexibility index (Phi) is 3.53. The van der Waals surface area contributed by atoms with Crippen molar-refractivity contribution < 1.29 is 9.53 Å². The van der Waals surface area contributed by atoms with E-state index in [2.05, 4.69) is 5.32 Å². The van der Waals surface area contributed by atoms with Gasteiger partial charge in [-0.2, -0.15) is 0 Å². The van der Waals surface area contributed by atoms with Crippen LogP contribution in [0.15, 0.2) is 29.6 Å². The van der Waals surface area contributed by atoms with Crippen LogP contribution in [-0.2, 0) is 0 Å². The van der Waals surface area contributed by atoms with Crippen LogP contribution in [0, 0.1) is 6.92 Å². The fourth-order valence-corrected chi connectivity index (χ4v) is 2.41. The molecule has 0 bridgehead atoms. The summed E-state index contributed by atoms with van der Waals surface area (Å²) in [6.45, 7) is 1.90. The van der Waals surface area contributed by atoms with Crippen molar-refractivity contribution in [3.8, 4) is 5.75 Å². The van der Waals surface area contributed by atoms with Crippen LogP contribution >= 0.6 is 11.3 Å². The van der Waals surface area contributed by atoms with Gasteiger partial charge in [-0.3, -0.25) is 4.79 Å². The van der Waals surface area contributed by atoms with Gasteiger partial charge in [0.05, 0.1) is 18.5 Å². The first-order valence-corrected chi connectivity index (χ1v) is 6.29. The lowest BCUT2D eigenvalue weighted by Crippen LogP contribution is -2.13. The van der Waals surface area contributed by atoms with Crippen molar-refractivity contribution in [3.63, 3.8) is 0 Å². The van der Waals surface area contributed by atoms with Crippen molar-refractivity contribution in [2.45, 2.75) is 6.92 Å². The number of anilines is 2. The lowest BCUT2D eigenvalue weighted by Gasteiger charge is -2.10. The maximum Gasteiger partial charge on any atom is 0.269 e. The number of nitrogens with one attached hydrogen (secondary N) is 1. The molecule has 18 heavy (non-hydrogen) atoms. The minimum atomic E-state index is -0.206. The second-order valence-corrected chi connectivity index (χ2v) is 4.73. The van der Waals surface area contributed by atoms with E-state index in [4.69, 9.17) is 10.5 Å². The van der Waals surface area contributed by atoms with Crippen LogP contribution in [0.2, 0.25) is 0 Å². The molecule has 0 fully saturated rings. The number of carbonyl (C=O) groups is 1. The molecule has 0 aliphatic carbocycles. The van der Waals surface area contributed by atoms with Gasteiger partial charge in [0.1, 0.15) is 10.6 Å². The lowest BCUT2D eigenvalue weighted by atomic mass is 10.1. The highest BCUT2D eigenvalue weighted by Gasteiger charge is 2.15. The molecule has 3 N–H and O–H groups in total. The summed E-state index contributed by atoms with van der Waals surface area (Å²) in [7, 11) is 1.54. The van der Waals surface area contributed by atoms with E-state index >= 15 is 0 Å². The average Bonchev–Trinajstić information content (AvgIpc) is 2.82. The van der Waals surface area contributed by atoms with Crippen molar-refractivity contribution in [1.82, 2.24) is 0 Å². The molecule has 0 aliphatic rings. The van der Waals surface area contributed by atoms with E-state index in [0.717, 1.165) is 5.56 Å². The number of rotatable bonds is 3. The molecule has 0 aliphatic heterocycles. The monoisotopic (exact) mass is 262 g/mol. The Morgan fingerprint density at radius 1 is 1.39 bits per heavy atom. The summed E-state index contributed by atoms with van der Waals surface area (Å²) >= 11 is 1.34. The fraction of sp³-hybridized carbons (Fsp3) is 0.154. The molecule has 1 heterocycles. The van der Waals surface area contributed by atoms with Crippen LogP contribution in [0.1, 0.15) is 15.2 Å². The van der Waals surface area contributed by atoms with Crippen LogP contribution in [0.3, 0.4) is 0 Å². The second-order valence-electron chi connectivity index (χ2n) is 3.81. The van der Waals surface area contributed by atoms with Gasteiger partial charge in [-0.15, -0.1) is 11.3 Å². The van der Waals surface area contributed by atoms with Crippen molar-refractivity contribution in [2.75, 3.05) is 18.2 Å². The highest BCUT2D eigenvalue weighted by atomic mass is 32.1. The number of thiophene rings is 1.